The summed E-state index contributed by atoms with van der Waals surface area (Å²) in [6, 6.07) is 16.4. The number of nitrogens with one attached hydrogen (secondary N) is 1. The number of carbonyl (C=O) groups excluding carboxylic acids is 1. The fourth-order valence-corrected chi connectivity index (χ4v) is 5.82. The number of amides is 1. The van der Waals surface area contributed by atoms with Crippen molar-refractivity contribution < 1.29 is 13.2 Å². The highest BCUT2D eigenvalue weighted by Gasteiger charge is 2.27. The molecule has 4 rings (SSSR count). The van der Waals surface area contributed by atoms with Gasteiger partial charge in [0.05, 0.1) is 9.77 Å². The molecule has 1 amide bonds. The van der Waals surface area contributed by atoms with Crippen molar-refractivity contribution in [3.8, 4) is 11.1 Å². The third-order valence-corrected chi connectivity index (χ3v) is 7.84. The molecule has 0 aliphatic carbocycles. The van der Waals surface area contributed by atoms with E-state index in [1.165, 1.54) is 21.7 Å². The Balaban J connectivity index is 1.57. The lowest BCUT2D eigenvalue weighted by molar-refractivity contribution is 0.103. The van der Waals surface area contributed by atoms with Crippen molar-refractivity contribution in [2.45, 2.75) is 24.7 Å². The van der Waals surface area contributed by atoms with Crippen LogP contribution in [0.2, 0.25) is 0 Å². The summed E-state index contributed by atoms with van der Waals surface area (Å²) >= 11 is 1.37. The Morgan fingerprint density at radius 1 is 1.03 bits per heavy atom. The molecule has 0 spiro atoms. The SMILES string of the molecule is Cc1ccc(-c2ccsc2C(=O)Nc2cccc(S(=O)(=O)N3CCCC3)c2)cc1. The summed E-state index contributed by atoms with van der Waals surface area (Å²) in [6.45, 7) is 3.12. The third-order valence-electron chi connectivity index (χ3n) is 5.03. The third kappa shape index (κ3) is 4.12. The van der Waals surface area contributed by atoms with E-state index < -0.39 is 10.0 Å². The molecule has 2 heterocycles. The fourth-order valence-electron chi connectivity index (χ4n) is 3.45. The molecule has 0 bridgehead atoms. The van der Waals surface area contributed by atoms with Crippen molar-refractivity contribution in [1.82, 2.24) is 4.31 Å². The number of hydrogen-bond donors (Lipinski definition) is 1. The Bertz CT molecular complexity index is 1130. The van der Waals surface area contributed by atoms with Crippen LogP contribution < -0.4 is 5.32 Å². The Morgan fingerprint density at radius 3 is 2.48 bits per heavy atom. The molecule has 2 aromatic carbocycles. The van der Waals surface area contributed by atoms with Crippen LogP contribution in [-0.2, 0) is 10.0 Å². The number of thiophene rings is 1. The maximum atomic E-state index is 12.9. The molecule has 150 valence electrons. The summed E-state index contributed by atoms with van der Waals surface area (Å²) < 4.78 is 27.1. The van der Waals surface area contributed by atoms with Crippen LogP contribution in [0.5, 0.6) is 0 Å². The number of nitrogens with zero attached hydrogens (tertiary/aromatic N) is 1. The Morgan fingerprint density at radius 2 is 1.76 bits per heavy atom. The Hall–Kier alpha value is -2.48. The van der Waals surface area contributed by atoms with Gasteiger partial charge in [-0.25, -0.2) is 8.42 Å². The molecule has 0 atom stereocenters. The van der Waals surface area contributed by atoms with Crippen LogP contribution in [0.3, 0.4) is 0 Å². The molecule has 1 fully saturated rings. The molecule has 7 heteroatoms. The first-order chi connectivity index (χ1) is 13.9. The van der Waals surface area contributed by atoms with Gasteiger partial charge in [-0.05, 0) is 55.0 Å². The van der Waals surface area contributed by atoms with Gasteiger partial charge < -0.3 is 5.32 Å². The highest BCUT2D eigenvalue weighted by atomic mass is 32.2. The van der Waals surface area contributed by atoms with Crippen molar-refractivity contribution in [2.75, 3.05) is 18.4 Å². The van der Waals surface area contributed by atoms with Crippen LogP contribution >= 0.6 is 11.3 Å². The number of hydrogen-bond acceptors (Lipinski definition) is 4. The Labute approximate surface area is 175 Å². The molecular formula is C22H22N2O3S2. The zero-order valence-electron chi connectivity index (χ0n) is 16.1. The van der Waals surface area contributed by atoms with Gasteiger partial charge >= 0.3 is 0 Å². The van der Waals surface area contributed by atoms with Crippen molar-refractivity contribution in [3.63, 3.8) is 0 Å². The van der Waals surface area contributed by atoms with Gasteiger partial charge in [0, 0.05) is 24.3 Å². The summed E-state index contributed by atoms with van der Waals surface area (Å²) in [5, 5.41) is 4.74. The molecule has 1 aliphatic heterocycles. The average molecular weight is 427 g/mol. The van der Waals surface area contributed by atoms with E-state index in [9.17, 15) is 13.2 Å². The lowest BCUT2D eigenvalue weighted by Gasteiger charge is -2.16. The molecule has 1 aromatic heterocycles. The number of aryl methyl sites for hydroxylation is 1. The monoisotopic (exact) mass is 426 g/mol. The fraction of sp³-hybridized carbons (Fsp3) is 0.227. The number of anilines is 1. The highest BCUT2D eigenvalue weighted by Crippen LogP contribution is 2.30. The first-order valence-corrected chi connectivity index (χ1v) is 11.8. The van der Waals surface area contributed by atoms with Crippen LogP contribution in [-0.4, -0.2) is 31.7 Å². The first kappa shape index (κ1) is 19.8. The van der Waals surface area contributed by atoms with Gasteiger partial charge in [-0.3, -0.25) is 4.79 Å². The lowest BCUT2D eigenvalue weighted by Crippen LogP contribution is -2.27. The summed E-state index contributed by atoms with van der Waals surface area (Å²) in [4.78, 5) is 13.7. The van der Waals surface area contributed by atoms with Gasteiger partial charge in [0.1, 0.15) is 0 Å². The van der Waals surface area contributed by atoms with Crippen LogP contribution in [0.4, 0.5) is 5.69 Å². The van der Waals surface area contributed by atoms with Crippen LogP contribution in [0.25, 0.3) is 11.1 Å². The van der Waals surface area contributed by atoms with E-state index in [0.717, 1.165) is 29.5 Å². The Kier molecular flexibility index (Phi) is 5.54. The summed E-state index contributed by atoms with van der Waals surface area (Å²) in [5.41, 5.74) is 3.48. The molecule has 0 radical (unpaired) electrons. The van der Waals surface area contributed by atoms with Gasteiger partial charge in [-0.2, -0.15) is 4.31 Å². The number of sulfonamides is 1. The van der Waals surface area contributed by atoms with E-state index >= 15 is 0 Å². The smallest absolute Gasteiger partial charge is 0.266 e. The molecule has 0 unspecified atom stereocenters. The van der Waals surface area contributed by atoms with Gasteiger partial charge in [0.15, 0.2) is 0 Å². The van der Waals surface area contributed by atoms with Gasteiger partial charge in [0.2, 0.25) is 10.0 Å². The molecule has 1 saturated heterocycles. The topological polar surface area (TPSA) is 66.5 Å². The molecule has 5 nitrogen and oxygen atoms in total. The summed E-state index contributed by atoms with van der Waals surface area (Å²) in [7, 11) is -3.52. The van der Waals surface area contributed by atoms with Crippen molar-refractivity contribution >= 4 is 33.0 Å². The standard InChI is InChI=1S/C22H22N2O3S2/c1-16-7-9-17(10-8-16)20-11-14-28-21(20)22(25)23-18-5-4-6-19(15-18)29(26,27)24-12-2-3-13-24/h4-11,14-15H,2-3,12-13H2,1H3,(H,23,25). The highest BCUT2D eigenvalue weighted by molar-refractivity contribution is 7.89. The maximum Gasteiger partial charge on any atom is 0.266 e. The van der Waals surface area contributed by atoms with Gasteiger partial charge in [-0.1, -0.05) is 35.9 Å². The predicted molar refractivity (Wildman–Crippen MR) is 117 cm³/mol. The van der Waals surface area contributed by atoms with Crippen LogP contribution in [0, 0.1) is 6.92 Å². The lowest BCUT2D eigenvalue weighted by atomic mass is 10.0. The van der Waals surface area contributed by atoms with Gasteiger partial charge in [0.25, 0.3) is 5.91 Å². The average Bonchev–Trinajstić information content (AvgIpc) is 3.41. The molecule has 3 aromatic rings. The minimum Gasteiger partial charge on any atom is -0.321 e. The van der Waals surface area contributed by atoms with E-state index in [1.807, 2.05) is 42.6 Å². The zero-order valence-corrected chi connectivity index (χ0v) is 17.7. The van der Waals surface area contributed by atoms with Crippen molar-refractivity contribution in [2.24, 2.45) is 0 Å². The second-order valence-corrected chi connectivity index (χ2v) is 9.98. The van der Waals surface area contributed by atoms with Crippen molar-refractivity contribution in [3.05, 3.63) is 70.4 Å². The second-order valence-electron chi connectivity index (χ2n) is 7.12. The maximum absolute atomic E-state index is 12.9. The van der Waals surface area contributed by atoms with E-state index in [0.29, 0.717) is 23.7 Å². The normalized spacial score (nSPS) is 14.8. The quantitative estimate of drug-likeness (QED) is 0.640. The summed E-state index contributed by atoms with van der Waals surface area (Å²) in [6.07, 6.45) is 1.77. The summed E-state index contributed by atoms with van der Waals surface area (Å²) in [5.74, 6) is -0.244. The van der Waals surface area contributed by atoms with E-state index in [-0.39, 0.29) is 10.8 Å². The van der Waals surface area contributed by atoms with E-state index in [1.54, 1.807) is 18.2 Å². The first-order valence-electron chi connectivity index (χ1n) is 9.51. The molecule has 29 heavy (non-hydrogen) atoms. The zero-order chi connectivity index (χ0) is 20.4. The number of benzene rings is 2. The van der Waals surface area contributed by atoms with E-state index in [4.69, 9.17) is 0 Å². The number of rotatable bonds is 5. The van der Waals surface area contributed by atoms with Crippen molar-refractivity contribution in [1.29, 1.82) is 0 Å². The molecular weight excluding hydrogens is 404 g/mol. The van der Waals surface area contributed by atoms with Crippen LogP contribution in [0.15, 0.2) is 64.9 Å². The molecule has 0 saturated carbocycles. The largest absolute Gasteiger partial charge is 0.321 e. The molecule has 1 aliphatic rings. The number of carbonyl (C=O) groups is 1. The minimum absolute atomic E-state index is 0.210. The van der Waals surface area contributed by atoms with E-state index in [2.05, 4.69) is 5.32 Å². The minimum atomic E-state index is -3.52. The predicted octanol–water partition coefficient (Wildman–Crippen LogP) is 4.76. The molecule has 1 N–H and O–H groups in total. The second kappa shape index (κ2) is 8.10. The van der Waals surface area contributed by atoms with Crippen LogP contribution in [0.1, 0.15) is 28.1 Å². The van der Waals surface area contributed by atoms with Gasteiger partial charge in [-0.15, -0.1) is 11.3 Å².